The van der Waals surface area contributed by atoms with E-state index in [-0.39, 0.29) is 17.0 Å². The molecule has 0 aliphatic heterocycles. The Hall–Kier alpha value is -4.53. The molecule has 9 heteroatoms. The zero-order chi connectivity index (χ0) is 24.1. The third kappa shape index (κ3) is 5.03. The Labute approximate surface area is 201 Å². The molecule has 0 atom stereocenters. The van der Waals surface area contributed by atoms with Gasteiger partial charge in [0.15, 0.2) is 18.1 Å². The highest BCUT2D eigenvalue weighted by Gasteiger charge is 2.44. The van der Waals surface area contributed by atoms with Crippen LogP contribution in [0.3, 0.4) is 0 Å². The van der Waals surface area contributed by atoms with Crippen LogP contribution in [0.4, 0.5) is 0 Å². The molecule has 0 saturated heterocycles. The summed E-state index contributed by atoms with van der Waals surface area (Å²) >= 11 is 0. The third-order valence-corrected chi connectivity index (χ3v) is 5.96. The smallest absolute Gasteiger partial charge is 0.357 e. The van der Waals surface area contributed by atoms with Crippen molar-refractivity contribution in [3.8, 4) is 11.4 Å². The molecule has 176 valence electrons. The zero-order valence-corrected chi connectivity index (χ0v) is 18.8. The Bertz CT molecular complexity index is 1330. The molecule has 1 fully saturated rings. The van der Waals surface area contributed by atoms with E-state index in [2.05, 4.69) is 33.0 Å². The minimum atomic E-state index is -0.759. The number of hydrogen-bond acceptors (Lipinski definition) is 7. The van der Waals surface area contributed by atoms with E-state index in [1.807, 2.05) is 48.5 Å². The van der Waals surface area contributed by atoms with E-state index in [4.69, 9.17) is 9.15 Å². The highest BCUT2D eigenvalue weighted by Crippen LogP contribution is 2.47. The van der Waals surface area contributed by atoms with Gasteiger partial charge >= 0.3 is 5.97 Å². The lowest BCUT2D eigenvalue weighted by Gasteiger charge is -2.16. The van der Waals surface area contributed by atoms with Gasteiger partial charge in [0.2, 0.25) is 0 Å². The van der Waals surface area contributed by atoms with Crippen LogP contribution in [0.5, 0.6) is 0 Å². The van der Waals surface area contributed by atoms with Crippen molar-refractivity contribution in [3.05, 3.63) is 90.4 Å². The molecular formula is C26H23N5O4. The summed E-state index contributed by atoms with van der Waals surface area (Å²) in [6, 6.07) is 22.7. The van der Waals surface area contributed by atoms with E-state index in [0.29, 0.717) is 23.7 Å². The van der Waals surface area contributed by atoms with Gasteiger partial charge in [-0.05, 0) is 41.0 Å². The van der Waals surface area contributed by atoms with Crippen LogP contribution in [0, 0.1) is 0 Å². The number of ether oxygens (including phenoxy) is 1. The van der Waals surface area contributed by atoms with Gasteiger partial charge in [-0.15, -0.1) is 5.10 Å². The molecule has 4 aromatic rings. The number of carbonyl (C=O) groups excluding carboxylic acids is 2. The summed E-state index contributed by atoms with van der Waals surface area (Å²) in [6.45, 7) is 0.0651. The standard InChI is InChI=1S/C26H23N5O4/c32-23(27-18-26(13-14-26)20-10-5-2-6-11-20)17-35-25(33)22(16-21-12-7-15-34-21)31-24(28-29-30-31)19-8-3-1-4-9-19/h1-12,15-16H,13-14,17-18H2,(H,27,32)/b22-16-. The molecule has 1 aliphatic carbocycles. The normalized spacial score (nSPS) is 14.3. The molecule has 1 amide bonds. The van der Waals surface area contributed by atoms with Crippen LogP contribution >= 0.6 is 0 Å². The summed E-state index contributed by atoms with van der Waals surface area (Å²) in [5.74, 6) is -0.374. The summed E-state index contributed by atoms with van der Waals surface area (Å²) in [4.78, 5) is 25.6. The van der Waals surface area contributed by atoms with Gasteiger partial charge in [-0.2, -0.15) is 4.68 Å². The van der Waals surface area contributed by atoms with Crippen LogP contribution in [-0.2, 0) is 19.7 Å². The van der Waals surface area contributed by atoms with Crippen molar-refractivity contribution in [1.29, 1.82) is 0 Å². The van der Waals surface area contributed by atoms with Crippen molar-refractivity contribution in [3.63, 3.8) is 0 Å². The number of benzene rings is 2. The zero-order valence-electron chi connectivity index (χ0n) is 18.8. The number of hydrogen-bond donors (Lipinski definition) is 1. The number of nitrogens with zero attached hydrogens (tertiary/aromatic N) is 4. The lowest BCUT2D eigenvalue weighted by atomic mass is 9.96. The van der Waals surface area contributed by atoms with Gasteiger partial charge in [-0.25, -0.2) is 4.79 Å². The second-order valence-corrected chi connectivity index (χ2v) is 8.32. The minimum absolute atomic E-state index is 0.0135. The Morgan fingerprint density at radius 3 is 2.46 bits per heavy atom. The molecular weight excluding hydrogens is 446 g/mol. The first-order valence-corrected chi connectivity index (χ1v) is 11.2. The predicted molar refractivity (Wildman–Crippen MR) is 127 cm³/mol. The number of furan rings is 1. The minimum Gasteiger partial charge on any atom is -0.465 e. The highest BCUT2D eigenvalue weighted by atomic mass is 16.5. The van der Waals surface area contributed by atoms with Crippen LogP contribution < -0.4 is 5.32 Å². The summed E-state index contributed by atoms with van der Waals surface area (Å²) < 4.78 is 12.0. The molecule has 0 spiro atoms. The van der Waals surface area contributed by atoms with Crippen molar-refractivity contribution < 1.29 is 18.7 Å². The van der Waals surface area contributed by atoms with E-state index in [1.54, 1.807) is 12.1 Å². The SMILES string of the molecule is O=C(COC(=O)/C(=C/c1ccco1)n1nnnc1-c1ccccc1)NCC1(c2ccccc2)CC1. The maximum Gasteiger partial charge on any atom is 0.357 e. The fourth-order valence-electron chi connectivity index (χ4n) is 3.87. The number of esters is 1. The molecule has 35 heavy (non-hydrogen) atoms. The second-order valence-electron chi connectivity index (χ2n) is 8.32. The fraction of sp³-hybridized carbons (Fsp3) is 0.192. The van der Waals surface area contributed by atoms with Gasteiger partial charge < -0.3 is 14.5 Å². The number of nitrogens with one attached hydrogen (secondary N) is 1. The third-order valence-electron chi connectivity index (χ3n) is 5.96. The van der Waals surface area contributed by atoms with Gasteiger partial charge in [-0.3, -0.25) is 4.79 Å². The van der Waals surface area contributed by atoms with E-state index < -0.39 is 12.6 Å². The Balaban J connectivity index is 1.28. The first kappa shape index (κ1) is 22.3. The van der Waals surface area contributed by atoms with E-state index in [1.165, 1.54) is 22.6 Å². The molecule has 0 radical (unpaired) electrons. The van der Waals surface area contributed by atoms with Crippen LogP contribution in [-0.4, -0.2) is 45.2 Å². The Morgan fingerprint density at radius 1 is 1.03 bits per heavy atom. The number of carbonyl (C=O) groups is 2. The molecule has 0 bridgehead atoms. The molecule has 1 aliphatic rings. The number of amides is 1. The Kier molecular flexibility index (Phi) is 6.21. The van der Waals surface area contributed by atoms with E-state index in [9.17, 15) is 9.59 Å². The molecule has 1 saturated carbocycles. The topological polar surface area (TPSA) is 112 Å². The Morgan fingerprint density at radius 2 is 1.77 bits per heavy atom. The van der Waals surface area contributed by atoms with Crippen molar-refractivity contribution >= 4 is 23.6 Å². The maximum absolute atomic E-state index is 13.1. The van der Waals surface area contributed by atoms with Crippen LogP contribution in [0.15, 0.2) is 83.5 Å². The fourth-order valence-corrected chi connectivity index (χ4v) is 3.87. The molecule has 1 N–H and O–H groups in total. The lowest BCUT2D eigenvalue weighted by Crippen LogP contribution is -2.35. The lowest BCUT2D eigenvalue weighted by molar-refractivity contribution is -0.143. The van der Waals surface area contributed by atoms with Crippen molar-refractivity contribution in [1.82, 2.24) is 25.5 Å². The van der Waals surface area contributed by atoms with Crippen molar-refractivity contribution in [2.45, 2.75) is 18.3 Å². The van der Waals surface area contributed by atoms with Crippen LogP contribution in [0.2, 0.25) is 0 Å². The largest absolute Gasteiger partial charge is 0.465 e. The van der Waals surface area contributed by atoms with Crippen LogP contribution in [0.1, 0.15) is 24.2 Å². The highest BCUT2D eigenvalue weighted by molar-refractivity contribution is 6.15. The second kappa shape index (κ2) is 9.76. The van der Waals surface area contributed by atoms with E-state index >= 15 is 0 Å². The molecule has 0 unspecified atom stereocenters. The van der Waals surface area contributed by atoms with Crippen LogP contribution in [0.25, 0.3) is 23.2 Å². The summed E-state index contributed by atoms with van der Waals surface area (Å²) in [5, 5.41) is 14.6. The maximum atomic E-state index is 13.1. The first-order chi connectivity index (χ1) is 17.1. The van der Waals surface area contributed by atoms with Gasteiger partial charge in [0.25, 0.3) is 5.91 Å². The summed E-state index contributed by atoms with van der Waals surface area (Å²) in [7, 11) is 0. The average molecular weight is 470 g/mol. The number of rotatable bonds is 9. The van der Waals surface area contributed by atoms with Crippen molar-refractivity contribution in [2.24, 2.45) is 0 Å². The molecule has 2 aromatic heterocycles. The van der Waals surface area contributed by atoms with Gasteiger partial charge in [-0.1, -0.05) is 60.7 Å². The van der Waals surface area contributed by atoms with Gasteiger partial charge in [0, 0.05) is 23.6 Å². The monoisotopic (exact) mass is 469 g/mol. The number of tetrazole rings is 1. The van der Waals surface area contributed by atoms with E-state index in [0.717, 1.165) is 12.8 Å². The first-order valence-electron chi connectivity index (χ1n) is 11.2. The quantitative estimate of drug-likeness (QED) is 0.296. The van der Waals surface area contributed by atoms with Gasteiger partial charge in [0.05, 0.1) is 6.26 Å². The number of aromatic nitrogens is 4. The average Bonchev–Trinajstić information content (AvgIpc) is 3.27. The summed E-state index contributed by atoms with van der Waals surface area (Å²) in [6.07, 6.45) is 4.97. The predicted octanol–water partition coefficient (Wildman–Crippen LogP) is 3.32. The molecule has 2 heterocycles. The molecule has 9 nitrogen and oxygen atoms in total. The molecule has 2 aromatic carbocycles. The van der Waals surface area contributed by atoms with Crippen molar-refractivity contribution in [2.75, 3.05) is 13.2 Å². The molecule has 5 rings (SSSR count). The summed E-state index contributed by atoms with van der Waals surface area (Å²) in [5.41, 5.74) is 1.89. The van der Waals surface area contributed by atoms with Gasteiger partial charge in [0.1, 0.15) is 5.76 Å².